The Labute approximate surface area is 164 Å². The number of methoxy groups -OCH3 is 1. The van der Waals surface area contributed by atoms with E-state index >= 15 is 0 Å². The molecule has 0 aliphatic carbocycles. The molecule has 1 N–H and O–H groups in total. The van der Waals surface area contributed by atoms with Gasteiger partial charge in [-0.1, -0.05) is 60.7 Å². The lowest BCUT2D eigenvalue weighted by Gasteiger charge is -2.09. The highest BCUT2D eigenvalue weighted by molar-refractivity contribution is 6.01. The van der Waals surface area contributed by atoms with Crippen LogP contribution in [0.15, 0.2) is 72.8 Å². The molecule has 0 heterocycles. The Morgan fingerprint density at radius 1 is 0.964 bits per heavy atom. The van der Waals surface area contributed by atoms with Gasteiger partial charge in [0, 0.05) is 6.42 Å². The maximum Gasteiger partial charge on any atom is 0.339 e. The minimum atomic E-state index is -0.464. The number of unbranched alkanes of at least 4 members (excludes halogenated alkanes) is 1. The van der Waals surface area contributed by atoms with Crippen LogP contribution in [0.3, 0.4) is 0 Å². The van der Waals surface area contributed by atoms with Gasteiger partial charge in [0.25, 0.3) is 0 Å². The van der Waals surface area contributed by atoms with Gasteiger partial charge in [-0.15, -0.1) is 0 Å². The van der Waals surface area contributed by atoms with Crippen molar-refractivity contribution in [2.75, 3.05) is 12.4 Å². The zero-order chi connectivity index (χ0) is 19.8. The molecular weight excluding hydrogens is 350 g/mol. The number of para-hydroxylation sites is 1. The zero-order valence-corrected chi connectivity index (χ0v) is 15.9. The first-order valence-electron chi connectivity index (χ1n) is 9.30. The largest absolute Gasteiger partial charge is 0.465 e. The number of fused-ring (bicyclic) bond motifs is 1. The van der Waals surface area contributed by atoms with Gasteiger partial charge in [0.1, 0.15) is 0 Å². The van der Waals surface area contributed by atoms with Gasteiger partial charge in [-0.2, -0.15) is 0 Å². The average molecular weight is 373 g/mol. The lowest BCUT2D eigenvalue weighted by atomic mass is 10.1. The number of nitrogens with one attached hydrogen (secondary N) is 1. The van der Waals surface area contributed by atoms with Crippen molar-refractivity contribution in [2.24, 2.45) is 0 Å². The Balaban J connectivity index is 1.49. The van der Waals surface area contributed by atoms with E-state index in [0.29, 0.717) is 17.7 Å². The van der Waals surface area contributed by atoms with Crippen LogP contribution in [0.25, 0.3) is 16.8 Å². The van der Waals surface area contributed by atoms with Gasteiger partial charge in [0.05, 0.1) is 18.4 Å². The topological polar surface area (TPSA) is 55.4 Å². The normalized spacial score (nSPS) is 10.9. The first-order chi connectivity index (χ1) is 13.7. The van der Waals surface area contributed by atoms with Crippen LogP contribution in [0, 0.1) is 0 Å². The van der Waals surface area contributed by atoms with Gasteiger partial charge >= 0.3 is 5.97 Å². The standard InChI is InChI=1S/C24H23NO3/c1-28-24(27)21-12-7-8-13-22(21)25-23(26)14-4-2-3-9-18-15-16-19-10-5-6-11-20(19)17-18/h3,5-13,15-17H,2,4,14H2,1H3,(H,25,26)/b9-3+. The fourth-order valence-corrected chi connectivity index (χ4v) is 3.00. The molecule has 0 aromatic heterocycles. The fourth-order valence-electron chi connectivity index (χ4n) is 3.00. The number of esters is 1. The van der Waals surface area contributed by atoms with Crippen molar-refractivity contribution in [1.29, 1.82) is 0 Å². The molecule has 3 aromatic carbocycles. The van der Waals surface area contributed by atoms with Crippen LogP contribution in [0.4, 0.5) is 5.69 Å². The van der Waals surface area contributed by atoms with Crippen molar-refractivity contribution >= 4 is 34.4 Å². The molecule has 0 saturated carbocycles. The Hall–Kier alpha value is -3.40. The second kappa shape index (κ2) is 9.51. The van der Waals surface area contributed by atoms with Gasteiger partial charge in [0.2, 0.25) is 5.91 Å². The molecule has 0 atom stereocenters. The summed E-state index contributed by atoms with van der Waals surface area (Å²) in [6.07, 6.45) is 6.09. The summed E-state index contributed by atoms with van der Waals surface area (Å²) >= 11 is 0. The van der Waals surface area contributed by atoms with Crippen LogP contribution >= 0.6 is 0 Å². The molecule has 0 bridgehead atoms. The van der Waals surface area contributed by atoms with Crippen LogP contribution in [-0.4, -0.2) is 19.0 Å². The van der Waals surface area contributed by atoms with Crippen molar-refractivity contribution in [2.45, 2.75) is 19.3 Å². The van der Waals surface area contributed by atoms with Gasteiger partial charge in [-0.3, -0.25) is 4.79 Å². The third kappa shape index (κ3) is 5.07. The van der Waals surface area contributed by atoms with E-state index < -0.39 is 5.97 Å². The average Bonchev–Trinajstić information content (AvgIpc) is 2.73. The monoisotopic (exact) mass is 373 g/mol. The summed E-state index contributed by atoms with van der Waals surface area (Å²) in [7, 11) is 1.32. The van der Waals surface area contributed by atoms with Crippen molar-refractivity contribution in [3.8, 4) is 0 Å². The SMILES string of the molecule is COC(=O)c1ccccc1NC(=O)CCC/C=C/c1ccc2ccccc2c1. The summed E-state index contributed by atoms with van der Waals surface area (Å²) in [5.41, 5.74) is 1.98. The van der Waals surface area contributed by atoms with Gasteiger partial charge in [-0.05, 0) is 47.4 Å². The lowest BCUT2D eigenvalue weighted by molar-refractivity contribution is -0.116. The number of rotatable bonds is 7. The Morgan fingerprint density at radius 2 is 1.71 bits per heavy atom. The van der Waals surface area contributed by atoms with E-state index in [-0.39, 0.29) is 5.91 Å². The summed E-state index contributed by atoms with van der Waals surface area (Å²) in [4.78, 5) is 23.9. The van der Waals surface area contributed by atoms with E-state index in [1.54, 1.807) is 24.3 Å². The van der Waals surface area contributed by atoms with Gasteiger partial charge in [0.15, 0.2) is 0 Å². The number of carbonyl (C=O) groups excluding carboxylic acids is 2. The third-order valence-electron chi connectivity index (χ3n) is 4.46. The molecule has 0 radical (unpaired) electrons. The zero-order valence-electron chi connectivity index (χ0n) is 15.9. The summed E-state index contributed by atoms with van der Waals surface area (Å²) < 4.78 is 4.74. The fraction of sp³-hybridized carbons (Fsp3) is 0.167. The molecule has 28 heavy (non-hydrogen) atoms. The molecule has 0 aliphatic rings. The number of ether oxygens (including phenoxy) is 1. The quantitative estimate of drug-likeness (QED) is 0.443. The van der Waals surface area contributed by atoms with Crippen LogP contribution in [0.2, 0.25) is 0 Å². The van der Waals surface area contributed by atoms with Gasteiger partial charge in [-0.25, -0.2) is 4.79 Å². The Kier molecular flexibility index (Phi) is 6.58. The van der Waals surface area contributed by atoms with Crippen molar-refractivity contribution in [3.05, 3.63) is 83.9 Å². The van der Waals surface area contributed by atoms with E-state index in [4.69, 9.17) is 4.74 Å². The maximum atomic E-state index is 12.2. The molecular formula is C24H23NO3. The number of hydrogen-bond acceptors (Lipinski definition) is 3. The highest BCUT2D eigenvalue weighted by Gasteiger charge is 2.12. The second-order valence-electron chi connectivity index (χ2n) is 6.49. The number of hydrogen-bond donors (Lipinski definition) is 1. The molecule has 4 nitrogen and oxygen atoms in total. The lowest BCUT2D eigenvalue weighted by Crippen LogP contribution is -2.14. The van der Waals surface area contributed by atoms with Crippen molar-refractivity contribution in [3.63, 3.8) is 0 Å². The van der Waals surface area contributed by atoms with E-state index in [1.165, 1.54) is 17.9 Å². The predicted octanol–water partition coefficient (Wildman–Crippen LogP) is 5.45. The highest BCUT2D eigenvalue weighted by atomic mass is 16.5. The van der Waals surface area contributed by atoms with Crippen LogP contribution < -0.4 is 5.32 Å². The molecule has 0 spiro atoms. The molecule has 3 rings (SSSR count). The number of anilines is 1. The third-order valence-corrected chi connectivity index (χ3v) is 4.46. The van der Waals surface area contributed by atoms with Crippen LogP contribution in [0.5, 0.6) is 0 Å². The summed E-state index contributed by atoms with van der Waals surface area (Å²) in [5.74, 6) is -0.579. The molecule has 0 saturated heterocycles. The summed E-state index contributed by atoms with van der Waals surface area (Å²) in [6.45, 7) is 0. The number of amides is 1. The molecule has 3 aromatic rings. The predicted molar refractivity (Wildman–Crippen MR) is 113 cm³/mol. The molecule has 0 fully saturated rings. The number of allylic oxidation sites excluding steroid dienone is 1. The first kappa shape index (κ1) is 19.4. The summed E-state index contributed by atoms with van der Waals surface area (Å²) in [6, 6.07) is 21.5. The van der Waals surface area contributed by atoms with E-state index in [0.717, 1.165) is 18.4 Å². The molecule has 4 heteroatoms. The molecule has 1 amide bonds. The Morgan fingerprint density at radius 3 is 2.54 bits per heavy atom. The van der Waals surface area contributed by atoms with Crippen molar-refractivity contribution in [1.82, 2.24) is 0 Å². The van der Waals surface area contributed by atoms with Crippen LogP contribution in [-0.2, 0) is 9.53 Å². The minimum absolute atomic E-state index is 0.115. The van der Waals surface area contributed by atoms with E-state index in [9.17, 15) is 9.59 Å². The number of benzene rings is 3. The molecule has 0 aliphatic heterocycles. The smallest absolute Gasteiger partial charge is 0.339 e. The second-order valence-corrected chi connectivity index (χ2v) is 6.49. The van der Waals surface area contributed by atoms with E-state index in [2.05, 4.69) is 47.8 Å². The summed E-state index contributed by atoms with van der Waals surface area (Å²) in [5, 5.41) is 5.23. The minimum Gasteiger partial charge on any atom is -0.465 e. The van der Waals surface area contributed by atoms with Crippen LogP contribution in [0.1, 0.15) is 35.2 Å². The molecule has 142 valence electrons. The highest BCUT2D eigenvalue weighted by Crippen LogP contribution is 2.18. The van der Waals surface area contributed by atoms with Gasteiger partial charge < -0.3 is 10.1 Å². The van der Waals surface area contributed by atoms with E-state index in [1.807, 2.05) is 12.1 Å². The first-order valence-corrected chi connectivity index (χ1v) is 9.30. The van der Waals surface area contributed by atoms with Crippen molar-refractivity contribution < 1.29 is 14.3 Å². The number of carbonyl (C=O) groups is 2. The maximum absolute atomic E-state index is 12.2. The Bertz CT molecular complexity index is 1010. The molecule has 0 unspecified atom stereocenters.